The predicted molar refractivity (Wildman–Crippen MR) is 167 cm³/mol. The number of hydrogen-bond acceptors (Lipinski definition) is 6. The molecule has 3 aromatic carbocycles. The van der Waals surface area contributed by atoms with Crippen LogP contribution in [0, 0.1) is 26.2 Å². The zero-order valence-electron chi connectivity index (χ0n) is 21.9. The molecule has 0 spiro atoms. The SMILES string of the molecule is CCOc1cc(/C=C(\C#N)C(=O)Nc2sc3c(c2C#N)CCCC3)cc(I)c1OCc1ccc2ccccc2c1. The van der Waals surface area contributed by atoms with Gasteiger partial charge >= 0.3 is 0 Å². The highest BCUT2D eigenvalue weighted by Crippen LogP contribution is 2.38. The summed E-state index contributed by atoms with van der Waals surface area (Å²) >= 11 is 3.62. The Kier molecular flexibility index (Phi) is 8.69. The fraction of sp³-hybridized carbons (Fsp3) is 0.219. The molecule has 1 aliphatic carbocycles. The minimum Gasteiger partial charge on any atom is -0.490 e. The number of anilines is 1. The van der Waals surface area contributed by atoms with Gasteiger partial charge in [-0.1, -0.05) is 36.4 Å². The van der Waals surface area contributed by atoms with Crippen molar-refractivity contribution in [3.63, 3.8) is 0 Å². The highest BCUT2D eigenvalue weighted by Gasteiger charge is 2.23. The van der Waals surface area contributed by atoms with E-state index in [0.717, 1.165) is 50.6 Å². The van der Waals surface area contributed by atoms with Gasteiger partial charge in [0.05, 0.1) is 15.7 Å². The first-order chi connectivity index (χ1) is 19.5. The number of halogens is 1. The number of nitrogens with one attached hydrogen (secondary N) is 1. The van der Waals surface area contributed by atoms with Crippen LogP contribution in [0.4, 0.5) is 5.00 Å². The monoisotopic (exact) mass is 659 g/mol. The number of rotatable bonds is 8. The van der Waals surface area contributed by atoms with Crippen LogP contribution in [0.3, 0.4) is 0 Å². The average Bonchev–Trinajstić information content (AvgIpc) is 3.32. The topological polar surface area (TPSA) is 95.1 Å². The predicted octanol–water partition coefficient (Wildman–Crippen LogP) is 7.78. The molecule has 40 heavy (non-hydrogen) atoms. The molecule has 1 N–H and O–H groups in total. The molecule has 0 bridgehead atoms. The molecular weight excluding hydrogens is 633 g/mol. The van der Waals surface area contributed by atoms with E-state index in [4.69, 9.17) is 9.47 Å². The normalized spacial score (nSPS) is 12.8. The minimum absolute atomic E-state index is 0.0571. The third-order valence-corrected chi connectivity index (χ3v) is 8.72. The van der Waals surface area contributed by atoms with Crippen molar-refractivity contribution in [1.29, 1.82) is 10.5 Å². The van der Waals surface area contributed by atoms with E-state index in [1.165, 1.54) is 22.8 Å². The maximum atomic E-state index is 13.1. The van der Waals surface area contributed by atoms with Gasteiger partial charge in [0.15, 0.2) is 11.5 Å². The summed E-state index contributed by atoms with van der Waals surface area (Å²) in [5.41, 5.74) is 3.18. The van der Waals surface area contributed by atoms with Crippen molar-refractivity contribution in [3.8, 4) is 23.6 Å². The lowest BCUT2D eigenvalue weighted by Crippen LogP contribution is -2.13. The van der Waals surface area contributed by atoms with Gasteiger partial charge in [-0.05, 0) is 107 Å². The van der Waals surface area contributed by atoms with E-state index in [-0.39, 0.29) is 5.57 Å². The number of carbonyl (C=O) groups excluding carboxylic acids is 1. The Bertz CT molecular complexity index is 1710. The lowest BCUT2D eigenvalue weighted by atomic mass is 9.96. The quantitative estimate of drug-likeness (QED) is 0.118. The molecular formula is C32H26IN3O3S. The minimum atomic E-state index is -0.540. The first-order valence-corrected chi connectivity index (χ1v) is 14.9. The second-order valence-corrected chi connectivity index (χ2v) is 11.7. The highest BCUT2D eigenvalue weighted by molar-refractivity contribution is 14.1. The molecule has 200 valence electrons. The maximum absolute atomic E-state index is 13.1. The van der Waals surface area contributed by atoms with Crippen LogP contribution in [-0.4, -0.2) is 12.5 Å². The Hall–Kier alpha value is -3.86. The summed E-state index contributed by atoms with van der Waals surface area (Å²) < 4.78 is 12.9. The largest absolute Gasteiger partial charge is 0.490 e. The van der Waals surface area contributed by atoms with E-state index in [1.54, 1.807) is 6.07 Å². The van der Waals surface area contributed by atoms with Crippen LogP contribution in [0.25, 0.3) is 16.8 Å². The van der Waals surface area contributed by atoms with E-state index in [9.17, 15) is 15.3 Å². The molecule has 4 aromatic rings. The molecule has 1 aromatic heterocycles. The van der Waals surface area contributed by atoms with E-state index in [0.29, 0.717) is 40.8 Å². The van der Waals surface area contributed by atoms with Crippen molar-refractivity contribution in [2.24, 2.45) is 0 Å². The number of hydrogen-bond donors (Lipinski definition) is 1. The Morgan fingerprint density at radius 2 is 1.88 bits per heavy atom. The number of thiophene rings is 1. The Morgan fingerprint density at radius 3 is 2.65 bits per heavy atom. The second-order valence-electron chi connectivity index (χ2n) is 9.38. The van der Waals surface area contributed by atoms with Crippen LogP contribution in [0.15, 0.2) is 60.2 Å². The maximum Gasteiger partial charge on any atom is 0.266 e. The summed E-state index contributed by atoms with van der Waals surface area (Å²) in [4.78, 5) is 14.2. The van der Waals surface area contributed by atoms with Crippen LogP contribution in [-0.2, 0) is 24.2 Å². The van der Waals surface area contributed by atoms with Gasteiger partial charge in [-0.3, -0.25) is 4.79 Å². The smallest absolute Gasteiger partial charge is 0.266 e. The molecule has 0 atom stereocenters. The van der Waals surface area contributed by atoms with Crippen LogP contribution >= 0.6 is 33.9 Å². The fourth-order valence-electron chi connectivity index (χ4n) is 4.82. The van der Waals surface area contributed by atoms with Crippen molar-refractivity contribution in [1.82, 2.24) is 0 Å². The van der Waals surface area contributed by atoms with Crippen LogP contribution in [0.2, 0.25) is 0 Å². The number of nitriles is 2. The van der Waals surface area contributed by atoms with Gasteiger partial charge in [0.1, 0.15) is 29.3 Å². The van der Waals surface area contributed by atoms with E-state index >= 15 is 0 Å². The number of ether oxygens (including phenoxy) is 2. The Balaban J connectivity index is 1.37. The average molecular weight is 660 g/mol. The van der Waals surface area contributed by atoms with E-state index in [1.807, 2.05) is 37.3 Å². The van der Waals surface area contributed by atoms with Crippen molar-refractivity contribution in [2.75, 3.05) is 11.9 Å². The van der Waals surface area contributed by atoms with Crippen LogP contribution in [0.1, 0.15) is 46.9 Å². The van der Waals surface area contributed by atoms with Gasteiger partial charge in [0, 0.05) is 4.88 Å². The fourth-order valence-corrected chi connectivity index (χ4v) is 6.83. The van der Waals surface area contributed by atoms with Crippen molar-refractivity contribution < 1.29 is 14.3 Å². The molecule has 0 saturated heterocycles. The molecule has 8 heteroatoms. The lowest BCUT2D eigenvalue weighted by Gasteiger charge is -2.15. The second kappa shape index (κ2) is 12.5. The number of aryl methyl sites for hydroxylation is 1. The van der Waals surface area contributed by atoms with Gasteiger partial charge in [0.2, 0.25) is 0 Å². The Morgan fingerprint density at radius 1 is 1.07 bits per heavy atom. The molecule has 0 radical (unpaired) electrons. The summed E-state index contributed by atoms with van der Waals surface area (Å²) in [7, 11) is 0. The summed E-state index contributed by atoms with van der Waals surface area (Å²) in [6.45, 7) is 2.69. The molecule has 1 amide bonds. The number of fused-ring (bicyclic) bond motifs is 2. The zero-order valence-corrected chi connectivity index (χ0v) is 24.9. The van der Waals surface area contributed by atoms with Crippen molar-refractivity contribution in [3.05, 3.63) is 90.9 Å². The summed E-state index contributed by atoms with van der Waals surface area (Å²) in [6.07, 6.45) is 5.42. The summed E-state index contributed by atoms with van der Waals surface area (Å²) in [6, 6.07) is 22.3. The van der Waals surface area contributed by atoms with Gasteiger partial charge < -0.3 is 14.8 Å². The number of nitrogens with zero attached hydrogens (tertiary/aromatic N) is 2. The van der Waals surface area contributed by atoms with Crippen molar-refractivity contribution >= 4 is 61.7 Å². The van der Waals surface area contributed by atoms with Crippen molar-refractivity contribution in [2.45, 2.75) is 39.2 Å². The van der Waals surface area contributed by atoms with Gasteiger partial charge in [-0.25, -0.2) is 0 Å². The van der Waals surface area contributed by atoms with Gasteiger partial charge in [-0.2, -0.15) is 10.5 Å². The molecule has 6 nitrogen and oxygen atoms in total. The number of benzene rings is 3. The highest BCUT2D eigenvalue weighted by atomic mass is 127. The van der Waals surface area contributed by atoms with E-state index < -0.39 is 5.91 Å². The third-order valence-electron chi connectivity index (χ3n) is 6.71. The first kappa shape index (κ1) is 27.7. The van der Waals surface area contributed by atoms with Crippen LogP contribution in [0.5, 0.6) is 11.5 Å². The van der Waals surface area contributed by atoms with E-state index in [2.05, 4.69) is 58.2 Å². The number of carbonyl (C=O) groups is 1. The molecule has 0 fully saturated rings. The standard InChI is InChI=1S/C32H26IN3O3S/c1-2-38-28-16-21(15-27(33)30(28)39-19-20-11-12-22-7-3-4-8-23(22)13-20)14-24(17-34)31(37)36-32-26(18-35)25-9-5-6-10-29(25)40-32/h3-4,7-8,11-16H,2,5-6,9-10,19H2,1H3,(H,36,37)/b24-14+. The first-order valence-electron chi connectivity index (χ1n) is 13.0. The zero-order chi connectivity index (χ0) is 28.1. The lowest BCUT2D eigenvalue weighted by molar-refractivity contribution is -0.112. The molecule has 1 heterocycles. The summed E-state index contributed by atoms with van der Waals surface area (Å²) in [5.74, 6) is 0.609. The molecule has 0 saturated carbocycles. The third kappa shape index (κ3) is 5.99. The van der Waals surface area contributed by atoms with Crippen LogP contribution < -0.4 is 14.8 Å². The van der Waals surface area contributed by atoms with Gasteiger partial charge in [-0.15, -0.1) is 11.3 Å². The molecule has 0 aliphatic heterocycles. The molecule has 1 aliphatic rings. The molecule has 0 unspecified atom stereocenters. The van der Waals surface area contributed by atoms with Gasteiger partial charge in [0.25, 0.3) is 5.91 Å². The Labute approximate surface area is 251 Å². The molecule has 5 rings (SSSR count). The summed E-state index contributed by atoms with van der Waals surface area (Å²) in [5, 5.41) is 25.2. The number of amides is 1.